The summed E-state index contributed by atoms with van der Waals surface area (Å²) in [6.45, 7) is 1.75. The number of alkyl halides is 2. The number of amides is 2. The number of fused-ring (bicyclic) bond motifs is 1. The third kappa shape index (κ3) is 4.07. The molecule has 2 aromatic carbocycles. The zero-order valence-corrected chi connectivity index (χ0v) is 14.3. The number of carbonyl (C=O) groups is 2. The van der Waals surface area contributed by atoms with Crippen molar-refractivity contribution in [3.8, 4) is 0 Å². The van der Waals surface area contributed by atoms with Gasteiger partial charge in [0.15, 0.2) is 0 Å². The second-order valence-electron chi connectivity index (χ2n) is 6.50. The highest BCUT2D eigenvalue weighted by atomic mass is 19.3. The van der Waals surface area contributed by atoms with Crippen LogP contribution < -0.4 is 10.6 Å². The standard InChI is InChI=1S/C20H20F2N2O2/c1-12(13-5-4-6-14(9-13)20(21)22)23-18(25)10-15-11-19(26)24-17-8-3-2-7-16(15)17/h2-9,12,15,20H,10-11H2,1H3,(H,23,25)(H,24,26). The van der Waals surface area contributed by atoms with E-state index in [0.717, 1.165) is 11.3 Å². The molecule has 0 aliphatic carbocycles. The lowest BCUT2D eigenvalue weighted by molar-refractivity contribution is -0.122. The molecule has 0 aromatic heterocycles. The van der Waals surface area contributed by atoms with Gasteiger partial charge in [-0.3, -0.25) is 9.59 Å². The van der Waals surface area contributed by atoms with Gasteiger partial charge in [0, 0.05) is 30.0 Å². The fraction of sp³-hybridized carbons (Fsp3) is 0.300. The van der Waals surface area contributed by atoms with E-state index in [1.54, 1.807) is 19.1 Å². The van der Waals surface area contributed by atoms with Crippen LogP contribution in [0.5, 0.6) is 0 Å². The van der Waals surface area contributed by atoms with Crippen molar-refractivity contribution in [3.05, 3.63) is 65.2 Å². The fourth-order valence-electron chi connectivity index (χ4n) is 3.26. The Labute approximate surface area is 150 Å². The molecule has 2 aromatic rings. The van der Waals surface area contributed by atoms with Crippen molar-refractivity contribution in [2.75, 3.05) is 5.32 Å². The largest absolute Gasteiger partial charge is 0.350 e. The molecular formula is C20H20F2N2O2. The Balaban J connectivity index is 1.67. The van der Waals surface area contributed by atoms with Gasteiger partial charge in [0.2, 0.25) is 11.8 Å². The first-order chi connectivity index (χ1) is 12.4. The molecular weight excluding hydrogens is 338 g/mol. The summed E-state index contributed by atoms with van der Waals surface area (Å²) in [7, 11) is 0. The molecule has 6 heteroatoms. The molecule has 4 nitrogen and oxygen atoms in total. The molecule has 0 spiro atoms. The Morgan fingerprint density at radius 3 is 2.69 bits per heavy atom. The molecule has 2 N–H and O–H groups in total. The van der Waals surface area contributed by atoms with Gasteiger partial charge < -0.3 is 10.6 Å². The summed E-state index contributed by atoms with van der Waals surface area (Å²) in [5.41, 5.74) is 2.23. The summed E-state index contributed by atoms with van der Waals surface area (Å²) in [5, 5.41) is 5.64. The first kappa shape index (κ1) is 18.0. The number of hydrogen-bond donors (Lipinski definition) is 2. The Morgan fingerprint density at radius 1 is 1.19 bits per heavy atom. The van der Waals surface area contributed by atoms with Crippen molar-refractivity contribution in [1.29, 1.82) is 0 Å². The molecule has 0 saturated carbocycles. The van der Waals surface area contributed by atoms with E-state index in [4.69, 9.17) is 0 Å². The van der Waals surface area contributed by atoms with Crippen LogP contribution in [0, 0.1) is 0 Å². The van der Waals surface area contributed by atoms with Crippen LogP contribution in [0.2, 0.25) is 0 Å². The number of anilines is 1. The van der Waals surface area contributed by atoms with Gasteiger partial charge in [0.25, 0.3) is 6.43 Å². The number of carbonyl (C=O) groups excluding carboxylic acids is 2. The van der Waals surface area contributed by atoms with E-state index in [0.29, 0.717) is 5.56 Å². The average Bonchev–Trinajstić information content (AvgIpc) is 2.61. The highest BCUT2D eigenvalue weighted by molar-refractivity contribution is 5.95. The summed E-state index contributed by atoms with van der Waals surface area (Å²) in [6.07, 6.45) is -2.13. The third-order valence-corrected chi connectivity index (χ3v) is 4.58. The summed E-state index contributed by atoms with van der Waals surface area (Å²) in [4.78, 5) is 24.3. The quantitative estimate of drug-likeness (QED) is 0.836. The maximum absolute atomic E-state index is 12.8. The first-order valence-electron chi connectivity index (χ1n) is 8.50. The van der Waals surface area contributed by atoms with Gasteiger partial charge in [-0.05, 0) is 30.2 Å². The predicted octanol–water partition coefficient (Wildman–Crippen LogP) is 4.32. The number of hydrogen-bond acceptors (Lipinski definition) is 2. The third-order valence-electron chi connectivity index (χ3n) is 4.58. The van der Waals surface area contributed by atoms with Crippen molar-refractivity contribution in [3.63, 3.8) is 0 Å². The van der Waals surface area contributed by atoms with E-state index in [1.165, 1.54) is 12.1 Å². The molecule has 2 amide bonds. The topological polar surface area (TPSA) is 58.2 Å². The van der Waals surface area contributed by atoms with Crippen LogP contribution in [0.3, 0.4) is 0 Å². The van der Waals surface area contributed by atoms with Crippen LogP contribution in [0.25, 0.3) is 0 Å². The second-order valence-corrected chi connectivity index (χ2v) is 6.50. The van der Waals surface area contributed by atoms with Crippen LogP contribution in [-0.2, 0) is 9.59 Å². The van der Waals surface area contributed by atoms with Gasteiger partial charge in [-0.2, -0.15) is 0 Å². The van der Waals surface area contributed by atoms with Gasteiger partial charge in [0.1, 0.15) is 0 Å². The lowest BCUT2D eigenvalue weighted by atomic mass is 9.87. The first-order valence-corrected chi connectivity index (χ1v) is 8.50. The molecule has 0 radical (unpaired) electrons. The van der Waals surface area contributed by atoms with E-state index >= 15 is 0 Å². The molecule has 2 atom stereocenters. The second kappa shape index (κ2) is 7.64. The van der Waals surface area contributed by atoms with Crippen LogP contribution in [0.4, 0.5) is 14.5 Å². The molecule has 0 saturated heterocycles. The molecule has 1 heterocycles. The maximum atomic E-state index is 12.8. The van der Waals surface area contributed by atoms with Crippen LogP contribution in [0.1, 0.15) is 54.8 Å². The number of rotatable bonds is 5. The average molecular weight is 358 g/mol. The van der Waals surface area contributed by atoms with E-state index in [1.807, 2.05) is 24.3 Å². The van der Waals surface area contributed by atoms with Gasteiger partial charge in [-0.1, -0.05) is 36.4 Å². The Kier molecular flexibility index (Phi) is 5.30. The SMILES string of the molecule is CC(NC(=O)CC1CC(=O)Nc2ccccc21)c1cccc(C(F)F)c1. The number of nitrogens with one attached hydrogen (secondary N) is 2. The van der Waals surface area contributed by atoms with Crippen molar-refractivity contribution in [2.45, 2.75) is 38.2 Å². The van der Waals surface area contributed by atoms with Crippen molar-refractivity contribution in [2.24, 2.45) is 0 Å². The minimum Gasteiger partial charge on any atom is -0.350 e. The van der Waals surface area contributed by atoms with Crippen molar-refractivity contribution in [1.82, 2.24) is 5.32 Å². The summed E-state index contributed by atoms with van der Waals surface area (Å²) in [5.74, 6) is -0.520. The maximum Gasteiger partial charge on any atom is 0.263 e. The lowest BCUT2D eigenvalue weighted by Crippen LogP contribution is -2.31. The molecule has 26 heavy (non-hydrogen) atoms. The molecule has 3 rings (SSSR count). The minimum absolute atomic E-state index is 0.0681. The normalized spacial score (nSPS) is 17.4. The molecule has 2 unspecified atom stereocenters. The Morgan fingerprint density at radius 2 is 1.92 bits per heavy atom. The zero-order chi connectivity index (χ0) is 18.7. The molecule has 136 valence electrons. The highest BCUT2D eigenvalue weighted by Crippen LogP contribution is 2.34. The van der Waals surface area contributed by atoms with Crippen molar-refractivity contribution < 1.29 is 18.4 Å². The van der Waals surface area contributed by atoms with E-state index in [2.05, 4.69) is 10.6 Å². The highest BCUT2D eigenvalue weighted by Gasteiger charge is 2.27. The summed E-state index contributed by atoms with van der Waals surface area (Å²) in [6, 6.07) is 13.1. The fourth-order valence-corrected chi connectivity index (χ4v) is 3.26. The van der Waals surface area contributed by atoms with Gasteiger partial charge in [-0.25, -0.2) is 8.78 Å². The number of para-hydroxylation sites is 1. The molecule has 0 bridgehead atoms. The zero-order valence-electron chi connectivity index (χ0n) is 14.3. The molecule has 1 aliphatic heterocycles. The summed E-state index contributed by atoms with van der Waals surface area (Å²) < 4.78 is 25.7. The van der Waals surface area contributed by atoms with Crippen LogP contribution in [0.15, 0.2) is 48.5 Å². The van der Waals surface area contributed by atoms with Gasteiger partial charge >= 0.3 is 0 Å². The number of halogens is 2. The van der Waals surface area contributed by atoms with E-state index in [-0.39, 0.29) is 36.1 Å². The minimum atomic E-state index is -2.55. The van der Waals surface area contributed by atoms with Crippen molar-refractivity contribution >= 4 is 17.5 Å². The Bertz CT molecular complexity index is 823. The van der Waals surface area contributed by atoms with Crippen LogP contribution >= 0.6 is 0 Å². The summed E-state index contributed by atoms with van der Waals surface area (Å²) >= 11 is 0. The van der Waals surface area contributed by atoms with E-state index < -0.39 is 12.5 Å². The van der Waals surface area contributed by atoms with Crippen LogP contribution in [-0.4, -0.2) is 11.8 Å². The monoisotopic (exact) mass is 358 g/mol. The van der Waals surface area contributed by atoms with Gasteiger partial charge in [-0.15, -0.1) is 0 Å². The van der Waals surface area contributed by atoms with Gasteiger partial charge in [0.05, 0.1) is 6.04 Å². The smallest absolute Gasteiger partial charge is 0.263 e. The molecule has 1 aliphatic rings. The molecule has 0 fully saturated rings. The predicted molar refractivity (Wildman–Crippen MR) is 95.0 cm³/mol. The Hall–Kier alpha value is -2.76. The number of benzene rings is 2. The van der Waals surface area contributed by atoms with E-state index in [9.17, 15) is 18.4 Å². The lowest BCUT2D eigenvalue weighted by Gasteiger charge is -2.25.